The number of hydrogen-bond donors (Lipinski definition) is 0. The lowest BCUT2D eigenvalue weighted by molar-refractivity contribution is 0.688. The number of anilines is 1. The van der Waals surface area contributed by atoms with Crippen LogP contribution in [-0.2, 0) is 6.54 Å². The molecule has 108 valence electrons. The van der Waals surface area contributed by atoms with Crippen LogP contribution < -0.4 is 4.90 Å². The fourth-order valence-electron chi connectivity index (χ4n) is 2.35. The predicted octanol–water partition coefficient (Wildman–Crippen LogP) is 3.53. The molecule has 0 aliphatic heterocycles. The van der Waals surface area contributed by atoms with E-state index in [-0.39, 0.29) is 0 Å². The fourth-order valence-corrected chi connectivity index (χ4v) is 2.91. The lowest BCUT2D eigenvalue weighted by atomic mass is 10.2. The molecule has 0 aliphatic carbocycles. The molecule has 0 atom stereocenters. The summed E-state index contributed by atoms with van der Waals surface area (Å²) >= 11 is 1.63. The quantitative estimate of drug-likeness (QED) is 0.762. The summed E-state index contributed by atoms with van der Waals surface area (Å²) in [6, 6.07) is 8.59. The van der Waals surface area contributed by atoms with Crippen LogP contribution in [0.3, 0.4) is 0 Å². The lowest BCUT2D eigenvalue weighted by Crippen LogP contribution is -2.21. The van der Waals surface area contributed by atoms with Crippen molar-refractivity contribution in [3.05, 3.63) is 24.3 Å². The Morgan fingerprint density at radius 1 is 1.05 bits per heavy atom. The van der Waals surface area contributed by atoms with Gasteiger partial charge < -0.3 is 9.47 Å². The summed E-state index contributed by atoms with van der Waals surface area (Å²) in [5, 5.41) is 9.53. The third-order valence-electron chi connectivity index (χ3n) is 3.47. The third-order valence-corrected chi connectivity index (χ3v) is 4.14. The van der Waals surface area contributed by atoms with Crippen LogP contribution in [-0.4, -0.2) is 34.1 Å². The SMILES string of the molecule is CCN(CC)c1ccc(-c2nnc(SC)n2CC)cc1. The average Bonchev–Trinajstić information content (AvgIpc) is 2.92. The van der Waals surface area contributed by atoms with Gasteiger partial charge in [0.25, 0.3) is 0 Å². The van der Waals surface area contributed by atoms with Gasteiger partial charge in [0.15, 0.2) is 11.0 Å². The van der Waals surface area contributed by atoms with Crippen molar-refractivity contribution >= 4 is 17.4 Å². The number of thioether (sulfide) groups is 1. The van der Waals surface area contributed by atoms with Gasteiger partial charge in [-0.3, -0.25) is 0 Å². The number of nitrogens with zero attached hydrogens (tertiary/aromatic N) is 4. The second kappa shape index (κ2) is 6.79. The summed E-state index contributed by atoms with van der Waals surface area (Å²) in [6.07, 6.45) is 2.03. The Balaban J connectivity index is 2.32. The van der Waals surface area contributed by atoms with E-state index in [1.165, 1.54) is 5.69 Å². The highest BCUT2D eigenvalue weighted by Gasteiger charge is 2.12. The molecule has 2 aromatic rings. The molecule has 5 heteroatoms. The van der Waals surface area contributed by atoms with E-state index in [9.17, 15) is 0 Å². The molecule has 0 saturated carbocycles. The molecule has 4 nitrogen and oxygen atoms in total. The van der Waals surface area contributed by atoms with Crippen LogP contribution in [0.5, 0.6) is 0 Å². The Labute approximate surface area is 125 Å². The molecule has 0 radical (unpaired) electrons. The molecule has 0 bridgehead atoms. The van der Waals surface area contributed by atoms with Gasteiger partial charge in [-0.05, 0) is 51.3 Å². The van der Waals surface area contributed by atoms with E-state index >= 15 is 0 Å². The highest BCUT2D eigenvalue weighted by Crippen LogP contribution is 2.25. The van der Waals surface area contributed by atoms with Crippen molar-refractivity contribution in [2.75, 3.05) is 24.2 Å². The van der Waals surface area contributed by atoms with Crippen molar-refractivity contribution in [2.24, 2.45) is 0 Å². The minimum Gasteiger partial charge on any atom is -0.372 e. The average molecular weight is 290 g/mol. The summed E-state index contributed by atoms with van der Waals surface area (Å²) in [4.78, 5) is 2.33. The van der Waals surface area contributed by atoms with Gasteiger partial charge >= 0.3 is 0 Å². The van der Waals surface area contributed by atoms with Gasteiger partial charge in [0.2, 0.25) is 0 Å². The van der Waals surface area contributed by atoms with E-state index in [0.29, 0.717) is 0 Å². The first-order chi connectivity index (χ1) is 9.74. The van der Waals surface area contributed by atoms with Crippen molar-refractivity contribution in [2.45, 2.75) is 32.5 Å². The second-order valence-electron chi connectivity index (χ2n) is 4.47. The molecule has 2 rings (SSSR count). The molecule has 1 aromatic heterocycles. The Morgan fingerprint density at radius 3 is 2.20 bits per heavy atom. The standard InChI is InChI=1S/C15H22N4S/c1-5-18(6-2)13-10-8-12(9-11-13)14-16-17-15(20-4)19(14)7-3/h8-11H,5-7H2,1-4H3. The van der Waals surface area contributed by atoms with Crippen LogP contribution in [0.15, 0.2) is 29.4 Å². The predicted molar refractivity (Wildman–Crippen MR) is 86.5 cm³/mol. The zero-order valence-electron chi connectivity index (χ0n) is 12.6. The van der Waals surface area contributed by atoms with Crippen LogP contribution in [0.2, 0.25) is 0 Å². The van der Waals surface area contributed by atoms with Crippen molar-refractivity contribution in [1.29, 1.82) is 0 Å². The molecule has 0 unspecified atom stereocenters. The largest absolute Gasteiger partial charge is 0.372 e. The molecule has 0 amide bonds. The topological polar surface area (TPSA) is 34.0 Å². The maximum Gasteiger partial charge on any atom is 0.191 e. The van der Waals surface area contributed by atoms with Crippen molar-refractivity contribution < 1.29 is 0 Å². The van der Waals surface area contributed by atoms with Gasteiger partial charge in [0.1, 0.15) is 0 Å². The molecule has 1 aromatic carbocycles. The Bertz CT molecular complexity index is 544. The summed E-state index contributed by atoms with van der Waals surface area (Å²) in [5.74, 6) is 0.947. The molecule has 20 heavy (non-hydrogen) atoms. The molecule has 0 saturated heterocycles. The molecule has 0 aliphatic rings. The van der Waals surface area contributed by atoms with Crippen molar-refractivity contribution in [3.63, 3.8) is 0 Å². The first kappa shape index (κ1) is 14.9. The number of benzene rings is 1. The van der Waals surface area contributed by atoms with Gasteiger partial charge in [-0.1, -0.05) is 11.8 Å². The molecule has 0 fully saturated rings. The van der Waals surface area contributed by atoms with Gasteiger partial charge in [-0.2, -0.15) is 0 Å². The zero-order valence-corrected chi connectivity index (χ0v) is 13.4. The van der Waals surface area contributed by atoms with Crippen LogP contribution in [0, 0.1) is 0 Å². The Morgan fingerprint density at radius 2 is 1.70 bits per heavy atom. The van der Waals surface area contributed by atoms with Crippen LogP contribution in [0.4, 0.5) is 5.69 Å². The van der Waals surface area contributed by atoms with Crippen LogP contribution in [0.1, 0.15) is 20.8 Å². The maximum absolute atomic E-state index is 4.32. The Hall–Kier alpha value is -1.49. The highest BCUT2D eigenvalue weighted by molar-refractivity contribution is 7.98. The minimum absolute atomic E-state index is 0.885. The van der Waals surface area contributed by atoms with Crippen molar-refractivity contribution in [3.8, 4) is 11.4 Å². The number of aromatic nitrogens is 3. The molecular formula is C15H22N4S. The highest BCUT2D eigenvalue weighted by atomic mass is 32.2. The number of rotatable bonds is 6. The van der Waals surface area contributed by atoms with E-state index in [2.05, 4.69) is 64.7 Å². The van der Waals surface area contributed by atoms with Gasteiger partial charge in [-0.25, -0.2) is 0 Å². The maximum atomic E-state index is 4.32. The normalized spacial score (nSPS) is 10.8. The number of hydrogen-bond acceptors (Lipinski definition) is 4. The van der Waals surface area contributed by atoms with Gasteiger partial charge in [0, 0.05) is 30.9 Å². The smallest absolute Gasteiger partial charge is 0.191 e. The summed E-state index contributed by atoms with van der Waals surface area (Å²) in [5.41, 5.74) is 2.38. The van der Waals surface area contributed by atoms with E-state index in [1.54, 1.807) is 11.8 Å². The summed E-state index contributed by atoms with van der Waals surface area (Å²) in [7, 11) is 0. The Kier molecular flexibility index (Phi) is 5.06. The van der Waals surface area contributed by atoms with Gasteiger partial charge in [-0.15, -0.1) is 10.2 Å². The van der Waals surface area contributed by atoms with Crippen LogP contribution >= 0.6 is 11.8 Å². The lowest BCUT2D eigenvalue weighted by Gasteiger charge is -2.21. The third kappa shape index (κ3) is 2.82. The monoisotopic (exact) mass is 290 g/mol. The first-order valence-corrected chi connectivity index (χ1v) is 8.30. The summed E-state index contributed by atoms with van der Waals surface area (Å²) in [6.45, 7) is 9.41. The summed E-state index contributed by atoms with van der Waals surface area (Å²) < 4.78 is 2.15. The molecule has 0 spiro atoms. The van der Waals surface area contributed by atoms with E-state index in [0.717, 1.165) is 36.2 Å². The first-order valence-electron chi connectivity index (χ1n) is 7.07. The van der Waals surface area contributed by atoms with Gasteiger partial charge in [0.05, 0.1) is 0 Å². The molecule has 0 N–H and O–H groups in total. The van der Waals surface area contributed by atoms with Crippen LogP contribution in [0.25, 0.3) is 11.4 Å². The van der Waals surface area contributed by atoms with Crippen molar-refractivity contribution in [1.82, 2.24) is 14.8 Å². The van der Waals surface area contributed by atoms with E-state index in [4.69, 9.17) is 0 Å². The minimum atomic E-state index is 0.885. The molecule has 1 heterocycles. The fraction of sp³-hybridized carbons (Fsp3) is 0.467. The van der Waals surface area contributed by atoms with E-state index < -0.39 is 0 Å². The molecular weight excluding hydrogens is 268 g/mol. The second-order valence-corrected chi connectivity index (χ2v) is 5.25. The zero-order chi connectivity index (χ0) is 14.5. The van der Waals surface area contributed by atoms with E-state index in [1.807, 2.05) is 6.26 Å².